The second kappa shape index (κ2) is 4.11. The van der Waals surface area contributed by atoms with Gasteiger partial charge in [0.15, 0.2) is 0 Å². The fraction of sp³-hybridized carbons (Fsp3) is 0.0833. The van der Waals surface area contributed by atoms with Crippen molar-refractivity contribution in [2.24, 2.45) is 0 Å². The summed E-state index contributed by atoms with van der Waals surface area (Å²) in [6.45, 7) is 1.89. The monoisotopic (exact) mass is 265 g/mol. The smallest absolute Gasteiger partial charge is 0.123 e. The molecular formula is C12H9BrFN. The maximum absolute atomic E-state index is 12.9. The van der Waals surface area contributed by atoms with Crippen LogP contribution < -0.4 is 0 Å². The van der Waals surface area contributed by atoms with E-state index in [4.69, 9.17) is 0 Å². The number of benzene rings is 1. The average molecular weight is 266 g/mol. The Bertz CT molecular complexity index is 497. The molecule has 1 aromatic carbocycles. The van der Waals surface area contributed by atoms with Gasteiger partial charge in [-0.1, -0.05) is 6.07 Å². The lowest BCUT2D eigenvalue weighted by molar-refractivity contribution is 0.627. The van der Waals surface area contributed by atoms with Crippen LogP contribution in [0.15, 0.2) is 41.1 Å². The molecule has 0 N–H and O–H groups in total. The van der Waals surface area contributed by atoms with Gasteiger partial charge in [-0.15, -0.1) is 0 Å². The van der Waals surface area contributed by atoms with E-state index >= 15 is 0 Å². The molecule has 0 aliphatic rings. The standard InChI is InChI=1S/C12H9BrFN/c1-8-6-9(14)2-3-10(8)11-4-5-15-7-12(11)13/h2-7H,1H3. The number of hydrogen-bond donors (Lipinski definition) is 0. The van der Waals surface area contributed by atoms with Crippen molar-refractivity contribution in [1.29, 1.82) is 0 Å². The molecule has 1 aromatic heterocycles. The molecule has 76 valence electrons. The summed E-state index contributed by atoms with van der Waals surface area (Å²) in [6.07, 6.45) is 3.46. The highest BCUT2D eigenvalue weighted by atomic mass is 79.9. The van der Waals surface area contributed by atoms with E-state index in [0.29, 0.717) is 0 Å². The van der Waals surface area contributed by atoms with Crippen LogP contribution in [0.5, 0.6) is 0 Å². The number of halogens is 2. The van der Waals surface area contributed by atoms with Crippen molar-refractivity contribution >= 4 is 15.9 Å². The number of rotatable bonds is 1. The van der Waals surface area contributed by atoms with Gasteiger partial charge in [0, 0.05) is 16.9 Å². The third kappa shape index (κ3) is 2.07. The van der Waals surface area contributed by atoms with E-state index in [9.17, 15) is 4.39 Å². The van der Waals surface area contributed by atoms with Gasteiger partial charge in [0.1, 0.15) is 5.82 Å². The van der Waals surface area contributed by atoms with Crippen LogP contribution in [0.3, 0.4) is 0 Å². The first kappa shape index (κ1) is 10.3. The molecule has 3 heteroatoms. The second-order valence-electron chi connectivity index (χ2n) is 3.31. The van der Waals surface area contributed by atoms with Crippen LogP contribution in [0.2, 0.25) is 0 Å². The summed E-state index contributed by atoms with van der Waals surface area (Å²) >= 11 is 3.43. The van der Waals surface area contributed by atoms with Crippen molar-refractivity contribution in [3.05, 3.63) is 52.5 Å². The predicted octanol–water partition coefficient (Wildman–Crippen LogP) is 3.96. The third-order valence-electron chi connectivity index (χ3n) is 2.25. The lowest BCUT2D eigenvalue weighted by atomic mass is 10.0. The zero-order valence-corrected chi connectivity index (χ0v) is 9.75. The average Bonchev–Trinajstić information content (AvgIpc) is 2.20. The van der Waals surface area contributed by atoms with Crippen molar-refractivity contribution in [3.63, 3.8) is 0 Å². The molecule has 0 bridgehead atoms. The highest BCUT2D eigenvalue weighted by Crippen LogP contribution is 2.29. The quantitative estimate of drug-likeness (QED) is 0.761. The molecule has 2 rings (SSSR count). The van der Waals surface area contributed by atoms with Crippen LogP contribution in [0, 0.1) is 12.7 Å². The van der Waals surface area contributed by atoms with Gasteiger partial charge >= 0.3 is 0 Å². The van der Waals surface area contributed by atoms with E-state index in [0.717, 1.165) is 21.2 Å². The first-order chi connectivity index (χ1) is 7.18. The van der Waals surface area contributed by atoms with E-state index in [1.54, 1.807) is 18.5 Å². The van der Waals surface area contributed by atoms with E-state index < -0.39 is 0 Å². The molecule has 0 spiro atoms. The maximum atomic E-state index is 12.9. The molecule has 0 aliphatic heterocycles. The number of aromatic nitrogens is 1. The lowest BCUT2D eigenvalue weighted by Gasteiger charge is -2.07. The Morgan fingerprint density at radius 2 is 2.00 bits per heavy atom. The zero-order chi connectivity index (χ0) is 10.8. The minimum absolute atomic E-state index is 0.207. The summed E-state index contributed by atoms with van der Waals surface area (Å²) in [5.41, 5.74) is 2.97. The molecule has 0 radical (unpaired) electrons. The molecular weight excluding hydrogens is 257 g/mol. The van der Waals surface area contributed by atoms with E-state index in [1.807, 2.05) is 13.0 Å². The Hall–Kier alpha value is -1.22. The van der Waals surface area contributed by atoms with E-state index in [2.05, 4.69) is 20.9 Å². The van der Waals surface area contributed by atoms with Crippen molar-refractivity contribution in [2.75, 3.05) is 0 Å². The van der Waals surface area contributed by atoms with Crippen molar-refractivity contribution < 1.29 is 4.39 Å². The van der Waals surface area contributed by atoms with Crippen LogP contribution in [0.4, 0.5) is 4.39 Å². The van der Waals surface area contributed by atoms with Gasteiger partial charge in [-0.25, -0.2) is 4.39 Å². The molecule has 1 nitrogen and oxygen atoms in total. The Morgan fingerprint density at radius 1 is 1.20 bits per heavy atom. The van der Waals surface area contributed by atoms with Gasteiger partial charge in [-0.05, 0) is 57.7 Å². The fourth-order valence-corrected chi connectivity index (χ4v) is 1.99. The lowest BCUT2D eigenvalue weighted by Crippen LogP contribution is -1.86. The summed E-state index contributed by atoms with van der Waals surface area (Å²) in [5.74, 6) is -0.207. The molecule has 0 atom stereocenters. The number of hydrogen-bond acceptors (Lipinski definition) is 1. The molecule has 0 unspecified atom stereocenters. The van der Waals surface area contributed by atoms with Crippen LogP contribution in [-0.4, -0.2) is 4.98 Å². The Labute approximate surface area is 96.1 Å². The highest BCUT2D eigenvalue weighted by Gasteiger charge is 2.06. The topological polar surface area (TPSA) is 12.9 Å². The number of nitrogens with zero attached hydrogens (tertiary/aromatic N) is 1. The largest absolute Gasteiger partial charge is 0.264 e. The summed E-state index contributed by atoms with van der Waals surface area (Å²) in [7, 11) is 0. The molecule has 2 aromatic rings. The Balaban J connectivity index is 2.60. The molecule has 15 heavy (non-hydrogen) atoms. The van der Waals surface area contributed by atoms with Crippen molar-refractivity contribution in [2.45, 2.75) is 6.92 Å². The van der Waals surface area contributed by atoms with Crippen LogP contribution >= 0.6 is 15.9 Å². The highest BCUT2D eigenvalue weighted by molar-refractivity contribution is 9.10. The fourth-order valence-electron chi connectivity index (χ4n) is 1.52. The minimum atomic E-state index is -0.207. The SMILES string of the molecule is Cc1cc(F)ccc1-c1ccncc1Br. The third-order valence-corrected chi connectivity index (χ3v) is 2.88. The normalized spacial score (nSPS) is 10.3. The van der Waals surface area contributed by atoms with Gasteiger partial charge in [-0.3, -0.25) is 4.98 Å². The summed E-state index contributed by atoms with van der Waals surface area (Å²) < 4.78 is 13.9. The second-order valence-corrected chi connectivity index (χ2v) is 4.17. The van der Waals surface area contributed by atoms with Gasteiger partial charge in [0.05, 0.1) is 0 Å². The maximum Gasteiger partial charge on any atom is 0.123 e. The van der Waals surface area contributed by atoms with Crippen molar-refractivity contribution in [3.8, 4) is 11.1 Å². The van der Waals surface area contributed by atoms with E-state index in [1.165, 1.54) is 12.1 Å². The summed E-state index contributed by atoms with van der Waals surface area (Å²) in [5, 5.41) is 0. The molecule has 0 aliphatic carbocycles. The predicted molar refractivity (Wildman–Crippen MR) is 62.1 cm³/mol. The summed E-state index contributed by atoms with van der Waals surface area (Å²) in [6, 6.07) is 6.69. The Kier molecular flexibility index (Phi) is 2.82. The molecule has 0 saturated heterocycles. The van der Waals surface area contributed by atoms with E-state index in [-0.39, 0.29) is 5.82 Å². The molecule has 1 heterocycles. The number of aryl methyl sites for hydroxylation is 1. The number of pyridine rings is 1. The zero-order valence-electron chi connectivity index (χ0n) is 8.17. The van der Waals surface area contributed by atoms with Crippen LogP contribution in [0.1, 0.15) is 5.56 Å². The first-order valence-corrected chi connectivity index (χ1v) is 5.34. The molecule has 0 saturated carbocycles. The Morgan fingerprint density at radius 3 is 2.67 bits per heavy atom. The first-order valence-electron chi connectivity index (χ1n) is 4.54. The van der Waals surface area contributed by atoms with Gasteiger partial charge < -0.3 is 0 Å². The van der Waals surface area contributed by atoms with Crippen LogP contribution in [-0.2, 0) is 0 Å². The molecule has 0 fully saturated rings. The van der Waals surface area contributed by atoms with Gasteiger partial charge in [-0.2, -0.15) is 0 Å². The minimum Gasteiger partial charge on any atom is -0.264 e. The molecule has 0 amide bonds. The van der Waals surface area contributed by atoms with Gasteiger partial charge in [0.2, 0.25) is 0 Å². The van der Waals surface area contributed by atoms with Gasteiger partial charge in [0.25, 0.3) is 0 Å². The van der Waals surface area contributed by atoms with Crippen LogP contribution in [0.25, 0.3) is 11.1 Å². The van der Waals surface area contributed by atoms with Crippen molar-refractivity contribution in [1.82, 2.24) is 4.98 Å². The summed E-state index contributed by atoms with van der Waals surface area (Å²) in [4.78, 5) is 4.00.